The summed E-state index contributed by atoms with van der Waals surface area (Å²) in [5.41, 5.74) is 0. The van der Waals surface area contributed by atoms with E-state index in [1.807, 2.05) is 0 Å². The number of anilines is 1. The van der Waals surface area contributed by atoms with Gasteiger partial charge >= 0.3 is 5.97 Å². The average Bonchev–Trinajstić information content (AvgIpc) is 2.79. The number of nitrogens with zero attached hydrogens (tertiary/aromatic N) is 1. The molecule has 0 saturated carbocycles. The third kappa shape index (κ3) is 2.49. The van der Waals surface area contributed by atoms with Crippen molar-refractivity contribution in [2.24, 2.45) is 0 Å². The second-order valence-electron chi connectivity index (χ2n) is 3.14. The van der Waals surface area contributed by atoms with Crippen LogP contribution in [0.1, 0.15) is 21.1 Å². The van der Waals surface area contributed by atoms with Gasteiger partial charge in [-0.2, -0.15) is 0 Å². The minimum absolute atomic E-state index is 0.0759. The number of amides is 1. The number of aromatic carboxylic acids is 1. The Morgan fingerprint density at radius 2 is 1.94 bits per heavy atom. The molecule has 0 aliphatic heterocycles. The van der Waals surface area contributed by atoms with Crippen LogP contribution < -0.4 is 5.32 Å². The zero-order chi connectivity index (χ0) is 12.3. The summed E-state index contributed by atoms with van der Waals surface area (Å²) in [7, 11) is 0. The second kappa shape index (κ2) is 4.48. The third-order valence-corrected chi connectivity index (χ3v) is 1.95. The van der Waals surface area contributed by atoms with E-state index in [-0.39, 0.29) is 11.5 Å². The minimum atomic E-state index is -1.22. The maximum atomic E-state index is 11.6. The fourth-order valence-electron chi connectivity index (χ4n) is 1.19. The lowest BCUT2D eigenvalue weighted by atomic mass is 10.4. The molecule has 86 valence electrons. The quantitative estimate of drug-likeness (QED) is 0.838. The van der Waals surface area contributed by atoms with Crippen molar-refractivity contribution in [2.45, 2.75) is 0 Å². The first-order valence-corrected chi connectivity index (χ1v) is 4.72. The number of carboxylic acid groups (broad SMARTS) is 1. The van der Waals surface area contributed by atoms with Crippen LogP contribution in [0.4, 0.5) is 5.82 Å². The maximum absolute atomic E-state index is 11.6. The topological polar surface area (TPSA) is 92.4 Å². The van der Waals surface area contributed by atoms with E-state index in [0.29, 0.717) is 5.82 Å². The predicted octanol–water partition coefficient (Wildman–Crippen LogP) is 1.63. The highest BCUT2D eigenvalue weighted by molar-refractivity contribution is 6.02. The fraction of sp³-hybridized carbons (Fsp3) is 0. The highest BCUT2D eigenvalue weighted by Gasteiger charge is 2.14. The van der Waals surface area contributed by atoms with E-state index in [9.17, 15) is 9.59 Å². The van der Waals surface area contributed by atoms with Crippen molar-refractivity contribution in [3.8, 4) is 0 Å². The Hall–Kier alpha value is -2.63. The van der Waals surface area contributed by atoms with Crippen LogP contribution in [0, 0.1) is 0 Å². The summed E-state index contributed by atoms with van der Waals surface area (Å²) in [5, 5.41) is 11.1. The number of carbonyl (C=O) groups is 2. The van der Waals surface area contributed by atoms with Gasteiger partial charge in [-0.25, -0.2) is 9.78 Å². The number of carboxylic acids is 1. The molecule has 0 spiro atoms. The van der Waals surface area contributed by atoms with Crippen molar-refractivity contribution in [3.05, 3.63) is 48.0 Å². The highest BCUT2D eigenvalue weighted by Crippen LogP contribution is 2.10. The van der Waals surface area contributed by atoms with Gasteiger partial charge < -0.3 is 14.8 Å². The molecule has 2 aromatic rings. The number of nitrogens with one attached hydrogen (secondary N) is 1. The molecule has 0 aliphatic rings. The van der Waals surface area contributed by atoms with Crippen molar-refractivity contribution in [2.75, 3.05) is 5.32 Å². The third-order valence-electron chi connectivity index (χ3n) is 1.95. The van der Waals surface area contributed by atoms with E-state index in [0.717, 1.165) is 0 Å². The molecule has 1 amide bonds. The van der Waals surface area contributed by atoms with Crippen molar-refractivity contribution in [1.29, 1.82) is 0 Å². The zero-order valence-corrected chi connectivity index (χ0v) is 8.58. The Kier molecular flexibility index (Phi) is 2.87. The van der Waals surface area contributed by atoms with Gasteiger partial charge in [0.2, 0.25) is 5.76 Å². The normalized spacial score (nSPS) is 9.88. The van der Waals surface area contributed by atoms with Crippen molar-refractivity contribution in [1.82, 2.24) is 4.98 Å². The van der Waals surface area contributed by atoms with Gasteiger partial charge in [-0.05, 0) is 24.3 Å². The lowest BCUT2D eigenvalue weighted by molar-refractivity contribution is 0.0660. The molecule has 0 radical (unpaired) electrons. The van der Waals surface area contributed by atoms with Crippen LogP contribution in [0.25, 0.3) is 0 Å². The van der Waals surface area contributed by atoms with Crippen LogP contribution >= 0.6 is 0 Å². The van der Waals surface area contributed by atoms with E-state index < -0.39 is 11.9 Å². The molecule has 0 aliphatic carbocycles. The number of pyridine rings is 1. The summed E-state index contributed by atoms with van der Waals surface area (Å²) >= 11 is 0. The smallest absolute Gasteiger partial charge is 0.371 e. The van der Waals surface area contributed by atoms with Crippen LogP contribution in [-0.2, 0) is 0 Å². The van der Waals surface area contributed by atoms with E-state index in [1.54, 1.807) is 18.2 Å². The Labute approximate surface area is 95.9 Å². The van der Waals surface area contributed by atoms with E-state index in [1.165, 1.54) is 18.3 Å². The Morgan fingerprint density at radius 3 is 2.53 bits per heavy atom. The Bertz CT molecular complexity index is 548. The largest absolute Gasteiger partial charge is 0.475 e. The van der Waals surface area contributed by atoms with Crippen LogP contribution in [-0.4, -0.2) is 22.0 Å². The van der Waals surface area contributed by atoms with Crippen LogP contribution in [0.3, 0.4) is 0 Å². The number of aromatic nitrogens is 1. The number of hydrogen-bond acceptors (Lipinski definition) is 4. The van der Waals surface area contributed by atoms with Crippen molar-refractivity contribution in [3.63, 3.8) is 0 Å². The average molecular weight is 232 g/mol. The first-order chi connectivity index (χ1) is 8.16. The molecule has 0 bridgehead atoms. The SMILES string of the molecule is O=C(O)c1ccc(C(=O)Nc2ccccn2)o1. The van der Waals surface area contributed by atoms with E-state index >= 15 is 0 Å². The number of hydrogen-bond donors (Lipinski definition) is 2. The number of carbonyl (C=O) groups excluding carboxylic acids is 1. The summed E-state index contributed by atoms with van der Waals surface area (Å²) in [5.74, 6) is -1.76. The summed E-state index contributed by atoms with van der Waals surface area (Å²) in [4.78, 5) is 26.1. The minimum Gasteiger partial charge on any atom is -0.475 e. The molecule has 2 rings (SSSR count). The van der Waals surface area contributed by atoms with Crippen molar-refractivity contribution >= 4 is 17.7 Å². The molecule has 0 unspecified atom stereocenters. The van der Waals surface area contributed by atoms with Crippen LogP contribution in [0.2, 0.25) is 0 Å². The predicted molar refractivity (Wildman–Crippen MR) is 57.9 cm³/mol. The molecule has 2 heterocycles. The molecule has 17 heavy (non-hydrogen) atoms. The fourth-order valence-corrected chi connectivity index (χ4v) is 1.19. The molecule has 6 nitrogen and oxygen atoms in total. The number of rotatable bonds is 3. The lowest BCUT2D eigenvalue weighted by Gasteiger charge is -2.00. The number of furan rings is 1. The second-order valence-corrected chi connectivity index (χ2v) is 3.14. The maximum Gasteiger partial charge on any atom is 0.371 e. The molecule has 2 aromatic heterocycles. The molecule has 6 heteroatoms. The monoisotopic (exact) mass is 232 g/mol. The molecule has 0 fully saturated rings. The lowest BCUT2D eigenvalue weighted by Crippen LogP contribution is -2.11. The van der Waals surface area contributed by atoms with Gasteiger partial charge in [0, 0.05) is 6.20 Å². The van der Waals surface area contributed by atoms with Crippen molar-refractivity contribution < 1.29 is 19.1 Å². The summed E-state index contributed by atoms with van der Waals surface area (Å²) < 4.78 is 4.84. The van der Waals surface area contributed by atoms with E-state index in [4.69, 9.17) is 9.52 Å². The molecular formula is C11H8N2O4. The van der Waals surface area contributed by atoms with Crippen LogP contribution in [0.5, 0.6) is 0 Å². The Morgan fingerprint density at radius 1 is 1.18 bits per heavy atom. The standard InChI is InChI=1S/C11H8N2O4/c14-10(13-9-3-1-2-6-12-9)7-4-5-8(17-7)11(15)16/h1-6H,(H,15,16)(H,12,13,14). The zero-order valence-electron chi connectivity index (χ0n) is 8.58. The van der Waals surface area contributed by atoms with Gasteiger partial charge in [-0.3, -0.25) is 4.79 Å². The van der Waals surface area contributed by atoms with E-state index in [2.05, 4.69) is 10.3 Å². The molecule has 2 N–H and O–H groups in total. The molecule has 0 aromatic carbocycles. The van der Waals surface area contributed by atoms with Gasteiger partial charge in [0.25, 0.3) is 5.91 Å². The van der Waals surface area contributed by atoms with Gasteiger partial charge in [0.05, 0.1) is 0 Å². The summed E-state index contributed by atoms with van der Waals surface area (Å²) in [6.45, 7) is 0. The summed E-state index contributed by atoms with van der Waals surface area (Å²) in [6.07, 6.45) is 1.53. The molecular weight excluding hydrogens is 224 g/mol. The van der Waals surface area contributed by atoms with Gasteiger partial charge in [-0.15, -0.1) is 0 Å². The van der Waals surface area contributed by atoms with Gasteiger partial charge in [-0.1, -0.05) is 6.07 Å². The first kappa shape index (κ1) is 10.9. The van der Waals surface area contributed by atoms with Gasteiger partial charge in [0.15, 0.2) is 5.76 Å². The van der Waals surface area contributed by atoms with Crippen LogP contribution in [0.15, 0.2) is 40.9 Å². The summed E-state index contributed by atoms with van der Waals surface area (Å²) in [6, 6.07) is 7.55. The first-order valence-electron chi connectivity index (χ1n) is 4.72. The van der Waals surface area contributed by atoms with Gasteiger partial charge in [0.1, 0.15) is 5.82 Å². The Balaban J connectivity index is 2.12. The molecule has 0 atom stereocenters. The molecule has 0 saturated heterocycles. The highest BCUT2D eigenvalue weighted by atomic mass is 16.4.